The summed E-state index contributed by atoms with van der Waals surface area (Å²) in [6, 6.07) is -1.27. The Labute approximate surface area is 93.9 Å². The summed E-state index contributed by atoms with van der Waals surface area (Å²) in [5, 5.41) is 9.07. The van der Waals surface area contributed by atoms with Gasteiger partial charge in [0.2, 0.25) is 5.91 Å². The van der Waals surface area contributed by atoms with Crippen molar-refractivity contribution in [2.45, 2.75) is 43.8 Å². The molecule has 3 N–H and O–H groups in total. The first kappa shape index (κ1) is 11.1. The lowest BCUT2D eigenvalue weighted by Gasteiger charge is -2.31. The largest absolute Gasteiger partial charge is 0.480 e. The standard InChI is InChI=1S/C11H16N2O3/c12-8-4-2-1-3-7-5-6-9(11(15)16)13(7)10(8)14/h1-2,7-9H,3-6,12H2,(H,15,16)/t7-,8-,9-/m0/s1. The Morgan fingerprint density at radius 2 is 2.06 bits per heavy atom. The van der Waals surface area contributed by atoms with E-state index < -0.39 is 18.1 Å². The lowest BCUT2D eigenvalue weighted by Crippen LogP contribution is -2.52. The molecule has 0 saturated carbocycles. The zero-order chi connectivity index (χ0) is 11.7. The third kappa shape index (κ3) is 1.82. The van der Waals surface area contributed by atoms with Crippen molar-refractivity contribution < 1.29 is 14.7 Å². The topological polar surface area (TPSA) is 83.6 Å². The Morgan fingerprint density at radius 3 is 2.75 bits per heavy atom. The van der Waals surface area contributed by atoms with Gasteiger partial charge in [-0.3, -0.25) is 4.79 Å². The molecule has 5 heteroatoms. The zero-order valence-electron chi connectivity index (χ0n) is 9.00. The quantitative estimate of drug-likeness (QED) is 0.619. The normalized spacial score (nSPS) is 34.4. The molecule has 0 aromatic carbocycles. The van der Waals surface area contributed by atoms with Gasteiger partial charge in [0.25, 0.3) is 0 Å². The lowest BCUT2D eigenvalue weighted by atomic mass is 10.1. The number of carbonyl (C=O) groups is 2. The number of carbonyl (C=O) groups excluding carboxylic acids is 1. The van der Waals surface area contributed by atoms with Crippen LogP contribution in [-0.4, -0.2) is 40.0 Å². The van der Waals surface area contributed by atoms with Gasteiger partial charge in [0.05, 0.1) is 6.04 Å². The monoisotopic (exact) mass is 224 g/mol. The van der Waals surface area contributed by atoms with Crippen LogP contribution in [0.25, 0.3) is 0 Å². The fourth-order valence-corrected chi connectivity index (χ4v) is 2.48. The van der Waals surface area contributed by atoms with Crippen LogP contribution >= 0.6 is 0 Å². The van der Waals surface area contributed by atoms with Gasteiger partial charge in [0, 0.05) is 6.04 Å². The minimum atomic E-state index is -0.924. The first-order chi connectivity index (χ1) is 7.61. The molecule has 0 aliphatic carbocycles. The van der Waals surface area contributed by atoms with E-state index in [1.54, 1.807) is 0 Å². The molecular weight excluding hydrogens is 208 g/mol. The van der Waals surface area contributed by atoms with Gasteiger partial charge in [-0.2, -0.15) is 0 Å². The third-order valence-electron chi connectivity index (χ3n) is 3.32. The number of rotatable bonds is 1. The summed E-state index contributed by atoms with van der Waals surface area (Å²) in [5.41, 5.74) is 5.73. The van der Waals surface area contributed by atoms with E-state index in [-0.39, 0.29) is 11.9 Å². The smallest absolute Gasteiger partial charge is 0.326 e. The van der Waals surface area contributed by atoms with E-state index in [9.17, 15) is 9.59 Å². The first-order valence-corrected chi connectivity index (χ1v) is 5.57. The number of carboxylic acid groups (broad SMARTS) is 1. The molecular formula is C11H16N2O3. The third-order valence-corrected chi connectivity index (χ3v) is 3.32. The van der Waals surface area contributed by atoms with Crippen LogP contribution < -0.4 is 5.73 Å². The molecule has 2 rings (SSSR count). The summed E-state index contributed by atoms with van der Waals surface area (Å²) in [6.07, 6.45) is 6.42. The summed E-state index contributed by atoms with van der Waals surface area (Å²) >= 11 is 0. The molecule has 5 nitrogen and oxygen atoms in total. The molecule has 0 aromatic heterocycles. The Kier molecular flexibility index (Phi) is 2.96. The van der Waals surface area contributed by atoms with E-state index in [0.717, 1.165) is 12.8 Å². The summed E-state index contributed by atoms with van der Waals surface area (Å²) in [6.45, 7) is 0. The zero-order valence-corrected chi connectivity index (χ0v) is 9.00. The average molecular weight is 224 g/mol. The van der Waals surface area contributed by atoms with Crippen molar-refractivity contribution in [2.24, 2.45) is 5.73 Å². The number of fused-ring (bicyclic) bond motifs is 1. The van der Waals surface area contributed by atoms with Crippen molar-refractivity contribution in [3.63, 3.8) is 0 Å². The fraction of sp³-hybridized carbons (Fsp3) is 0.636. The lowest BCUT2D eigenvalue weighted by molar-refractivity contribution is -0.150. The predicted octanol–water partition coefficient (Wildman–Crippen LogP) is 0.108. The van der Waals surface area contributed by atoms with Gasteiger partial charge < -0.3 is 15.7 Å². The highest BCUT2D eigenvalue weighted by molar-refractivity contribution is 5.88. The van der Waals surface area contributed by atoms with Crippen molar-refractivity contribution in [3.8, 4) is 0 Å². The second-order valence-corrected chi connectivity index (χ2v) is 4.38. The second kappa shape index (κ2) is 4.25. The van der Waals surface area contributed by atoms with Gasteiger partial charge in [-0.25, -0.2) is 4.79 Å². The average Bonchev–Trinajstić information content (AvgIpc) is 2.64. The van der Waals surface area contributed by atoms with E-state index in [0.29, 0.717) is 12.8 Å². The molecule has 0 unspecified atom stereocenters. The summed E-state index contributed by atoms with van der Waals surface area (Å²) < 4.78 is 0. The molecule has 0 spiro atoms. The minimum Gasteiger partial charge on any atom is -0.480 e. The number of nitrogens with two attached hydrogens (primary N) is 1. The molecule has 2 heterocycles. The van der Waals surface area contributed by atoms with Crippen LogP contribution in [0.2, 0.25) is 0 Å². The molecule has 0 aromatic rings. The van der Waals surface area contributed by atoms with Gasteiger partial charge in [-0.05, 0) is 25.7 Å². The summed E-state index contributed by atoms with van der Waals surface area (Å²) in [5.74, 6) is -1.15. The van der Waals surface area contributed by atoms with Crippen molar-refractivity contribution in [1.29, 1.82) is 0 Å². The van der Waals surface area contributed by atoms with Crippen LogP contribution in [0.1, 0.15) is 25.7 Å². The maximum atomic E-state index is 12.0. The molecule has 2 aliphatic heterocycles. The highest BCUT2D eigenvalue weighted by atomic mass is 16.4. The Morgan fingerprint density at radius 1 is 1.38 bits per heavy atom. The van der Waals surface area contributed by atoms with Crippen LogP contribution in [0.3, 0.4) is 0 Å². The molecule has 3 atom stereocenters. The summed E-state index contributed by atoms with van der Waals surface area (Å²) in [7, 11) is 0. The van der Waals surface area contributed by atoms with Crippen LogP contribution in [0, 0.1) is 0 Å². The van der Waals surface area contributed by atoms with Crippen molar-refractivity contribution >= 4 is 11.9 Å². The number of nitrogens with zero attached hydrogens (tertiary/aromatic N) is 1. The van der Waals surface area contributed by atoms with Crippen LogP contribution in [-0.2, 0) is 9.59 Å². The van der Waals surface area contributed by atoms with Crippen LogP contribution in [0.15, 0.2) is 12.2 Å². The van der Waals surface area contributed by atoms with E-state index in [4.69, 9.17) is 10.8 Å². The van der Waals surface area contributed by atoms with Gasteiger partial charge >= 0.3 is 5.97 Å². The fourth-order valence-electron chi connectivity index (χ4n) is 2.48. The molecule has 1 saturated heterocycles. The molecule has 1 fully saturated rings. The van der Waals surface area contributed by atoms with Gasteiger partial charge in [-0.1, -0.05) is 12.2 Å². The molecule has 2 aliphatic rings. The molecule has 0 radical (unpaired) electrons. The van der Waals surface area contributed by atoms with E-state index in [2.05, 4.69) is 0 Å². The van der Waals surface area contributed by atoms with E-state index >= 15 is 0 Å². The molecule has 88 valence electrons. The highest BCUT2D eigenvalue weighted by Crippen LogP contribution is 2.29. The number of amides is 1. The number of aliphatic carboxylic acids is 1. The van der Waals surface area contributed by atoms with Gasteiger partial charge in [0.1, 0.15) is 6.04 Å². The van der Waals surface area contributed by atoms with E-state index in [1.807, 2.05) is 12.2 Å². The predicted molar refractivity (Wildman–Crippen MR) is 57.6 cm³/mol. The highest BCUT2D eigenvalue weighted by Gasteiger charge is 2.42. The summed E-state index contributed by atoms with van der Waals surface area (Å²) in [4.78, 5) is 24.5. The van der Waals surface area contributed by atoms with Gasteiger partial charge in [-0.15, -0.1) is 0 Å². The van der Waals surface area contributed by atoms with Gasteiger partial charge in [0.15, 0.2) is 0 Å². The molecule has 1 amide bonds. The Balaban J connectivity index is 2.26. The van der Waals surface area contributed by atoms with E-state index in [1.165, 1.54) is 4.90 Å². The van der Waals surface area contributed by atoms with Crippen molar-refractivity contribution in [1.82, 2.24) is 4.90 Å². The van der Waals surface area contributed by atoms with Crippen LogP contribution in [0.5, 0.6) is 0 Å². The molecule has 0 bridgehead atoms. The number of hydrogen-bond donors (Lipinski definition) is 2. The number of hydrogen-bond acceptors (Lipinski definition) is 3. The maximum absolute atomic E-state index is 12.0. The Bertz CT molecular complexity index is 340. The van der Waals surface area contributed by atoms with Crippen LogP contribution in [0.4, 0.5) is 0 Å². The maximum Gasteiger partial charge on any atom is 0.326 e. The number of carboxylic acids is 1. The first-order valence-electron chi connectivity index (χ1n) is 5.57. The minimum absolute atomic E-state index is 0.0104. The molecule has 16 heavy (non-hydrogen) atoms. The second-order valence-electron chi connectivity index (χ2n) is 4.38. The van der Waals surface area contributed by atoms with Crippen molar-refractivity contribution in [2.75, 3.05) is 0 Å². The van der Waals surface area contributed by atoms with Crippen molar-refractivity contribution in [3.05, 3.63) is 12.2 Å². The Hall–Kier alpha value is -1.36. The SMILES string of the molecule is N[C@H]1CC=CC[C@H]2CC[C@@H](C(=O)O)N2C1=O.